The highest BCUT2D eigenvalue weighted by atomic mass is 16.4. The first kappa shape index (κ1) is 12.8. The lowest BCUT2D eigenvalue weighted by molar-refractivity contribution is -0.136. The molecule has 2 rings (SSSR count). The second-order valence-corrected chi connectivity index (χ2v) is 3.92. The number of aliphatic carboxylic acids is 1. The van der Waals surface area contributed by atoms with Crippen LogP contribution in [0.15, 0.2) is 58.8 Å². The summed E-state index contributed by atoms with van der Waals surface area (Å²) in [6, 6.07) is 13.2. The molecule has 0 aromatic heterocycles. The highest BCUT2D eigenvalue weighted by Crippen LogP contribution is 2.23. The van der Waals surface area contributed by atoms with E-state index in [-0.39, 0.29) is 12.2 Å². The molecule has 0 atom stereocenters. The number of rotatable bonds is 4. The van der Waals surface area contributed by atoms with E-state index in [1.807, 2.05) is 0 Å². The van der Waals surface area contributed by atoms with Crippen molar-refractivity contribution in [1.29, 1.82) is 0 Å². The molecule has 0 aliphatic rings. The van der Waals surface area contributed by atoms with Gasteiger partial charge in [0.1, 0.15) is 5.75 Å². The number of nitrogens with zero attached hydrogens (tertiary/aromatic N) is 2. The number of azo groups is 1. The highest BCUT2D eigenvalue weighted by Gasteiger charge is 2.05. The van der Waals surface area contributed by atoms with Gasteiger partial charge in [-0.1, -0.05) is 18.2 Å². The minimum Gasteiger partial charge on any atom is -0.508 e. The van der Waals surface area contributed by atoms with Crippen molar-refractivity contribution in [3.63, 3.8) is 0 Å². The molecule has 0 fully saturated rings. The van der Waals surface area contributed by atoms with Crippen molar-refractivity contribution >= 4 is 17.3 Å². The van der Waals surface area contributed by atoms with E-state index in [2.05, 4.69) is 10.2 Å². The third-order valence-electron chi connectivity index (χ3n) is 2.46. The number of phenols is 1. The highest BCUT2D eigenvalue weighted by molar-refractivity contribution is 5.72. The van der Waals surface area contributed by atoms with Crippen LogP contribution in [-0.2, 0) is 11.2 Å². The number of carboxylic acid groups (broad SMARTS) is 1. The number of carbonyl (C=O) groups is 1. The minimum atomic E-state index is -0.910. The second-order valence-electron chi connectivity index (χ2n) is 3.92. The third-order valence-corrected chi connectivity index (χ3v) is 2.46. The Morgan fingerprint density at radius 3 is 2.37 bits per heavy atom. The van der Waals surface area contributed by atoms with Crippen LogP contribution in [0.2, 0.25) is 0 Å². The summed E-state index contributed by atoms with van der Waals surface area (Å²) >= 11 is 0. The van der Waals surface area contributed by atoms with Crippen LogP contribution in [0.1, 0.15) is 5.56 Å². The predicted octanol–water partition coefficient (Wildman–Crippen LogP) is 3.43. The summed E-state index contributed by atoms with van der Waals surface area (Å²) in [5, 5.41) is 26.0. The first-order valence-corrected chi connectivity index (χ1v) is 5.65. The zero-order valence-electron chi connectivity index (χ0n) is 10.0. The summed E-state index contributed by atoms with van der Waals surface area (Å²) in [6.45, 7) is 0. The fourth-order valence-electron chi connectivity index (χ4n) is 1.55. The molecule has 0 saturated carbocycles. The van der Waals surface area contributed by atoms with Crippen LogP contribution >= 0.6 is 0 Å². The Morgan fingerprint density at radius 1 is 1.00 bits per heavy atom. The van der Waals surface area contributed by atoms with Crippen LogP contribution in [0.3, 0.4) is 0 Å². The number of hydrogen-bond donors (Lipinski definition) is 2. The van der Waals surface area contributed by atoms with Gasteiger partial charge in [0.05, 0.1) is 17.8 Å². The molecule has 0 saturated heterocycles. The van der Waals surface area contributed by atoms with Gasteiger partial charge in [-0.2, -0.15) is 10.2 Å². The molecular formula is C14H12N2O3. The molecule has 0 aliphatic carbocycles. The van der Waals surface area contributed by atoms with Crippen molar-refractivity contribution in [2.75, 3.05) is 0 Å². The first-order chi connectivity index (χ1) is 9.15. The van der Waals surface area contributed by atoms with Crippen LogP contribution in [-0.4, -0.2) is 16.2 Å². The van der Waals surface area contributed by atoms with E-state index in [0.717, 1.165) is 0 Å². The zero-order valence-corrected chi connectivity index (χ0v) is 10.0. The van der Waals surface area contributed by atoms with Gasteiger partial charge in [0.25, 0.3) is 0 Å². The maximum Gasteiger partial charge on any atom is 0.307 e. The van der Waals surface area contributed by atoms with Gasteiger partial charge in [0, 0.05) is 0 Å². The molecule has 0 spiro atoms. The Labute approximate surface area is 109 Å². The molecule has 5 nitrogen and oxygen atoms in total. The monoisotopic (exact) mass is 256 g/mol. The average molecular weight is 256 g/mol. The van der Waals surface area contributed by atoms with Crippen molar-refractivity contribution in [3.8, 4) is 5.75 Å². The lowest BCUT2D eigenvalue weighted by Crippen LogP contribution is -1.99. The minimum absolute atomic E-state index is 0.0925. The number of aromatic hydroxyl groups is 1. The Bertz CT molecular complexity index is 606. The van der Waals surface area contributed by atoms with Crippen LogP contribution in [0.25, 0.3) is 0 Å². The van der Waals surface area contributed by atoms with E-state index in [4.69, 9.17) is 10.2 Å². The average Bonchev–Trinajstić information content (AvgIpc) is 2.39. The SMILES string of the molecule is O=C(O)Cc1ccccc1/N=N/c1ccc(O)cc1. The summed E-state index contributed by atoms with van der Waals surface area (Å²) in [6.07, 6.45) is -0.0925. The maximum atomic E-state index is 10.7. The van der Waals surface area contributed by atoms with Gasteiger partial charge < -0.3 is 10.2 Å². The topological polar surface area (TPSA) is 82.2 Å². The predicted molar refractivity (Wildman–Crippen MR) is 70.1 cm³/mol. The van der Waals surface area contributed by atoms with E-state index >= 15 is 0 Å². The molecule has 0 unspecified atom stereocenters. The number of phenolic OH excluding ortho intramolecular Hbond substituents is 1. The van der Waals surface area contributed by atoms with Crippen LogP contribution < -0.4 is 0 Å². The van der Waals surface area contributed by atoms with Crippen molar-refractivity contribution < 1.29 is 15.0 Å². The van der Waals surface area contributed by atoms with E-state index < -0.39 is 5.97 Å². The van der Waals surface area contributed by atoms with Gasteiger partial charge in [0.15, 0.2) is 0 Å². The van der Waals surface area contributed by atoms with Gasteiger partial charge >= 0.3 is 5.97 Å². The van der Waals surface area contributed by atoms with E-state index in [0.29, 0.717) is 16.9 Å². The van der Waals surface area contributed by atoms with Crippen LogP contribution in [0.5, 0.6) is 5.75 Å². The molecular weight excluding hydrogens is 244 g/mol. The van der Waals surface area contributed by atoms with Gasteiger partial charge in [-0.3, -0.25) is 4.79 Å². The quantitative estimate of drug-likeness (QED) is 0.822. The largest absolute Gasteiger partial charge is 0.508 e. The van der Waals surface area contributed by atoms with Crippen LogP contribution in [0, 0.1) is 0 Å². The van der Waals surface area contributed by atoms with Crippen molar-refractivity contribution in [1.82, 2.24) is 0 Å². The first-order valence-electron chi connectivity index (χ1n) is 5.65. The summed E-state index contributed by atoms with van der Waals surface area (Å²) < 4.78 is 0. The smallest absolute Gasteiger partial charge is 0.307 e. The van der Waals surface area contributed by atoms with Gasteiger partial charge in [-0.05, 0) is 35.9 Å². The molecule has 2 aromatic carbocycles. The molecule has 0 amide bonds. The lowest BCUT2D eigenvalue weighted by Gasteiger charge is -2.01. The molecule has 0 heterocycles. The third kappa shape index (κ3) is 3.64. The number of hydrogen-bond acceptors (Lipinski definition) is 4. The molecule has 2 aromatic rings. The second kappa shape index (κ2) is 5.77. The van der Waals surface area contributed by atoms with Gasteiger partial charge in [-0.15, -0.1) is 0 Å². The molecule has 0 aliphatic heterocycles. The van der Waals surface area contributed by atoms with E-state index in [9.17, 15) is 4.79 Å². The summed E-state index contributed by atoms with van der Waals surface area (Å²) in [5.74, 6) is -0.752. The fourth-order valence-corrected chi connectivity index (χ4v) is 1.55. The van der Waals surface area contributed by atoms with Crippen molar-refractivity contribution in [3.05, 3.63) is 54.1 Å². The van der Waals surface area contributed by atoms with Gasteiger partial charge in [-0.25, -0.2) is 0 Å². The molecule has 2 N–H and O–H groups in total. The Morgan fingerprint density at radius 2 is 1.68 bits per heavy atom. The van der Waals surface area contributed by atoms with Crippen molar-refractivity contribution in [2.24, 2.45) is 10.2 Å². The summed E-state index contributed by atoms with van der Waals surface area (Å²) in [4.78, 5) is 10.7. The number of benzene rings is 2. The zero-order chi connectivity index (χ0) is 13.7. The van der Waals surface area contributed by atoms with E-state index in [1.165, 1.54) is 12.1 Å². The standard InChI is InChI=1S/C14H12N2O3/c17-12-7-5-11(6-8-12)15-16-13-4-2-1-3-10(13)9-14(18)19/h1-8,17H,9H2,(H,18,19)/b16-15+. The van der Waals surface area contributed by atoms with Crippen LogP contribution in [0.4, 0.5) is 11.4 Å². The normalized spacial score (nSPS) is 10.7. The molecule has 5 heteroatoms. The van der Waals surface area contributed by atoms with E-state index in [1.54, 1.807) is 36.4 Å². The van der Waals surface area contributed by atoms with Crippen molar-refractivity contribution in [2.45, 2.75) is 6.42 Å². The summed E-state index contributed by atoms with van der Waals surface area (Å²) in [7, 11) is 0. The Hall–Kier alpha value is -2.69. The molecule has 0 radical (unpaired) electrons. The summed E-state index contributed by atoms with van der Waals surface area (Å²) in [5.41, 5.74) is 1.72. The molecule has 19 heavy (non-hydrogen) atoms. The lowest BCUT2D eigenvalue weighted by atomic mass is 10.1. The van der Waals surface area contributed by atoms with Gasteiger partial charge in [0.2, 0.25) is 0 Å². The molecule has 0 bridgehead atoms. The number of carboxylic acids is 1. The Kier molecular flexibility index (Phi) is 3.87. The molecule has 96 valence electrons. The maximum absolute atomic E-state index is 10.7. The fraction of sp³-hybridized carbons (Fsp3) is 0.0714. The Balaban J connectivity index is 2.22.